The van der Waals surface area contributed by atoms with Crippen molar-refractivity contribution >= 4 is 11.6 Å². The van der Waals surface area contributed by atoms with Crippen molar-refractivity contribution in [2.45, 2.75) is 56.8 Å². The largest absolute Gasteiger partial charge is 0.365 e. The number of rotatable bonds is 2. The van der Waals surface area contributed by atoms with Crippen molar-refractivity contribution < 1.29 is 9.84 Å². The normalized spacial score (nSPS) is 38.2. The van der Waals surface area contributed by atoms with E-state index in [1.165, 1.54) is 0 Å². The Morgan fingerprint density at radius 2 is 2.05 bits per heavy atom. The Morgan fingerprint density at radius 3 is 2.84 bits per heavy atom. The van der Waals surface area contributed by atoms with Crippen LogP contribution in [-0.4, -0.2) is 16.5 Å². The molecule has 0 unspecified atom stereocenters. The van der Waals surface area contributed by atoms with E-state index >= 15 is 0 Å². The molecule has 2 bridgehead atoms. The van der Waals surface area contributed by atoms with Crippen molar-refractivity contribution in [3.05, 3.63) is 34.9 Å². The van der Waals surface area contributed by atoms with Gasteiger partial charge in [0, 0.05) is 17.4 Å². The molecule has 2 aliphatic rings. The highest BCUT2D eigenvalue weighted by Crippen LogP contribution is 2.49. The molecular weight excluding hydrogens is 260 g/mol. The van der Waals surface area contributed by atoms with E-state index in [2.05, 4.69) is 6.92 Å². The lowest BCUT2D eigenvalue weighted by Gasteiger charge is -2.29. The van der Waals surface area contributed by atoms with Crippen LogP contribution in [0.1, 0.15) is 44.6 Å². The zero-order chi connectivity index (χ0) is 13.5. The summed E-state index contributed by atoms with van der Waals surface area (Å²) in [6.07, 6.45) is 5.72. The molecule has 3 rings (SSSR count). The van der Waals surface area contributed by atoms with Crippen LogP contribution in [0.25, 0.3) is 0 Å². The van der Waals surface area contributed by atoms with Gasteiger partial charge in [0.05, 0.1) is 5.60 Å². The zero-order valence-corrected chi connectivity index (χ0v) is 12.1. The predicted molar refractivity (Wildman–Crippen MR) is 76.2 cm³/mol. The summed E-state index contributed by atoms with van der Waals surface area (Å²) in [6, 6.07) is 7.90. The fourth-order valence-corrected chi connectivity index (χ4v) is 3.89. The lowest BCUT2D eigenvalue weighted by Crippen LogP contribution is -2.36. The van der Waals surface area contributed by atoms with Gasteiger partial charge in [-0.25, -0.2) is 0 Å². The SMILES string of the molecule is C[C@]12CCCC[C@](O)(O1)[C@@H](Cc1ccccc1Cl)C2. The van der Waals surface area contributed by atoms with Crippen molar-refractivity contribution in [2.24, 2.45) is 5.92 Å². The maximum atomic E-state index is 10.8. The van der Waals surface area contributed by atoms with E-state index in [9.17, 15) is 5.11 Å². The van der Waals surface area contributed by atoms with Gasteiger partial charge >= 0.3 is 0 Å². The summed E-state index contributed by atoms with van der Waals surface area (Å²) in [5.41, 5.74) is 0.956. The Kier molecular flexibility index (Phi) is 3.36. The minimum absolute atomic E-state index is 0.151. The van der Waals surface area contributed by atoms with E-state index in [0.717, 1.165) is 49.1 Å². The summed E-state index contributed by atoms with van der Waals surface area (Å²) in [6.45, 7) is 2.13. The van der Waals surface area contributed by atoms with E-state index in [1.807, 2.05) is 24.3 Å². The summed E-state index contributed by atoms with van der Waals surface area (Å²) in [5.74, 6) is -0.803. The monoisotopic (exact) mass is 280 g/mol. The van der Waals surface area contributed by atoms with Gasteiger partial charge in [-0.1, -0.05) is 36.2 Å². The molecule has 1 aromatic carbocycles. The van der Waals surface area contributed by atoms with E-state index in [-0.39, 0.29) is 11.5 Å². The van der Waals surface area contributed by atoms with Gasteiger partial charge in [-0.05, 0) is 44.2 Å². The van der Waals surface area contributed by atoms with Crippen molar-refractivity contribution in [1.82, 2.24) is 0 Å². The van der Waals surface area contributed by atoms with Gasteiger partial charge in [0.15, 0.2) is 5.79 Å². The molecule has 0 saturated carbocycles. The van der Waals surface area contributed by atoms with Crippen LogP contribution < -0.4 is 0 Å². The van der Waals surface area contributed by atoms with Crippen LogP contribution in [0.15, 0.2) is 24.3 Å². The second-order valence-corrected chi connectivity index (χ2v) is 6.71. The molecule has 2 heterocycles. The molecule has 0 spiro atoms. The third-order valence-electron chi connectivity index (χ3n) is 4.65. The summed E-state index contributed by atoms with van der Waals surface area (Å²) < 4.78 is 6.03. The van der Waals surface area contributed by atoms with Gasteiger partial charge < -0.3 is 9.84 Å². The highest BCUT2D eigenvalue weighted by molar-refractivity contribution is 6.31. The number of benzene rings is 1. The van der Waals surface area contributed by atoms with E-state index < -0.39 is 5.79 Å². The predicted octanol–water partition coefficient (Wildman–Crippen LogP) is 3.94. The Hall–Kier alpha value is -0.570. The van der Waals surface area contributed by atoms with Crippen LogP contribution in [0.5, 0.6) is 0 Å². The topological polar surface area (TPSA) is 29.5 Å². The van der Waals surface area contributed by atoms with Gasteiger partial charge in [0.1, 0.15) is 0 Å². The Labute approximate surface area is 119 Å². The third kappa shape index (κ3) is 2.54. The smallest absolute Gasteiger partial charge is 0.169 e. The summed E-state index contributed by atoms with van der Waals surface area (Å²) >= 11 is 6.24. The number of ether oxygens (including phenoxy) is 1. The Morgan fingerprint density at radius 1 is 1.32 bits per heavy atom. The van der Waals surface area contributed by atoms with Gasteiger partial charge in [-0.3, -0.25) is 0 Å². The van der Waals surface area contributed by atoms with Crippen LogP contribution in [0.3, 0.4) is 0 Å². The second kappa shape index (κ2) is 4.76. The molecule has 2 nitrogen and oxygen atoms in total. The van der Waals surface area contributed by atoms with Crippen LogP contribution >= 0.6 is 11.6 Å². The number of fused-ring (bicyclic) bond motifs is 2. The van der Waals surface area contributed by atoms with Crippen LogP contribution in [0.2, 0.25) is 5.02 Å². The molecule has 104 valence electrons. The van der Waals surface area contributed by atoms with Crippen molar-refractivity contribution in [3.63, 3.8) is 0 Å². The molecule has 1 N–H and O–H groups in total. The first-order chi connectivity index (χ1) is 9.01. The third-order valence-corrected chi connectivity index (χ3v) is 5.02. The van der Waals surface area contributed by atoms with Gasteiger partial charge in [0.25, 0.3) is 0 Å². The zero-order valence-electron chi connectivity index (χ0n) is 11.4. The minimum Gasteiger partial charge on any atom is -0.365 e. The van der Waals surface area contributed by atoms with Gasteiger partial charge in [0.2, 0.25) is 0 Å². The maximum absolute atomic E-state index is 10.8. The lowest BCUT2D eigenvalue weighted by molar-refractivity contribution is -0.232. The van der Waals surface area contributed by atoms with E-state index in [1.54, 1.807) is 0 Å². The lowest BCUT2D eigenvalue weighted by atomic mass is 9.80. The quantitative estimate of drug-likeness (QED) is 0.889. The van der Waals surface area contributed by atoms with Crippen molar-refractivity contribution in [3.8, 4) is 0 Å². The molecule has 19 heavy (non-hydrogen) atoms. The first kappa shape index (κ1) is 13.4. The molecule has 2 saturated heterocycles. The molecule has 0 aromatic heterocycles. The van der Waals surface area contributed by atoms with Crippen molar-refractivity contribution in [2.75, 3.05) is 0 Å². The highest BCUT2D eigenvalue weighted by atomic mass is 35.5. The van der Waals surface area contributed by atoms with Crippen LogP contribution in [0.4, 0.5) is 0 Å². The number of halogens is 1. The number of hydrogen-bond acceptors (Lipinski definition) is 2. The average Bonchev–Trinajstić information content (AvgIpc) is 2.50. The molecule has 0 aliphatic carbocycles. The minimum atomic E-state index is -0.954. The number of hydrogen-bond donors (Lipinski definition) is 1. The fraction of sp³-hybridized carbons (Fsp3) is 0.625. The Balaban J connectivity index is 1.84. The van der Waals surface area contributed by atoms with Crippen molar-refractivity contribution in [1.29, 1.82) is 0 Å². The second-order valence-electron chi connectivity index (χ2n) is 6.30. The van der Waals surface area contributed by atoms with E-state index in [0.29, 0.717) is 0 Å². The molecule has 3 atom stereocenters. The summed E-state index contributed by atoms with van der Waals surface area (Å²) in [7, 11) is 0. The average molecular weight is 281 g/mol. The van der Waals surface area contributed by atoms with E-state index in [4.69, 9.17) is 16.3 Å². The first-order valence-corrected chi connectivity index (χ1v) is 7.55. The molecule has 3 heteroatoms. The molecule has 2 aliphatic heterocycles. The molecule has 2 fully saturated rings. The standard InChI is InChI=1S/C16H21ClO2/c1-15-8-4-5-9-16(18,19-15)13(11-15)10-12-6-2-3-7-14(12)17/h2-3,6-7,13,18H,4-5,8-11H2,1H3/t13-,15+,16-/m0/s1. The summed E-state index contributed by atoms with van der Waals surface area (Å²) in [4.78, 5) is 0. The Bertz CT molecular complexity index is 476. The molecule has 1 aromatic rings. The maximum Gasteiger partial charge on any atom is 0.169 e. The molecule has 0 amide bonds. The fourth-order valence-electron chi connectivity index (χ4n) is 3.68. The molecule has 0 radical (unpaired) electrons. The van der Waals surface area contributed by atoms with Gasteiger partial charge in [-0.15, -0.1) is 0 Å². The summed E-state index contributed by atoms with van der Waals surface area (Å²) in [5, 5.41) is 11.6. The first-order valence-electron chi connectivity index (χ1n) is 7.17. The highest BCUT2D eigenvalue weighted by Gasteiger charge is 2.53. The number of aliphatic hydroxyl groups is 1. The van der Waals surface area contributed by atoms with Crippen LogP contribution in [0, 0.1) is 5.92 Å². The molecular formula is C16H21ClO2. The van der Waals surface area contributed by atoms with Gasteiger partial charge in [-0.2, -0.15) is 0 Å². The van der Waals surface area contributed by atoms with Crippen LogP contribution in [-0.2, 0) is 11.2 Å².